The van der Waals surface area contributed by atoms with Crippen molar-refractivity contribution in [2.45, 2.75) is 11.3 Å². The molecule has 0 radical (unpaired) electrons. The third kappa shape index (κ3) is 5.03. The van der Waals surface area contributed by atoms with Gasteiger partial charge >= 0.3 is 0 Å². The highest BCUT2D eigenvalue weighted by Crippen LogP contribution is 2.35. The zero-order valence-corrected chi connectivity index (χ0v) is 16.4. The highest BCUT2D eigenvalue weighted by atomic mass is 35.5. The molecule has 0 heterocycles. The summed E-state index contributed by atoms with van der Waals surface area (Å²) >= 11 is 11.8. The molecule has 2 rings (SSSR count). The monoisotopic (exact) mass is 417 g/mol. The molecule has 140 valence electrons. The Morgan fingerprint density at radius 1 is 1.04 bits per heavy atom. The molecule has 0 bridgehead atoms. The number of carbonyl (C=O) groups is 1. The second kappa shape index (κ2) is 8.62. The third-order valence-electron chi connectivity index (χ3n) is 3.52. The quantitative estimate of drug-likeness (QED) is 0.740. The number of nitrogens with one attached hydrogen (secondary N) is 1. The molecule has 26 heavy (non-hydrogen) atoms. The van der Waals surface area contributed by atoms with Crippen LogP contribution in [0.25, 0.3) is 0 Å². The topological polar surface area (TPSA) is 81.7 Å². The molecular formula is C17H17Cl2NO5S. The van der Waals surface area contributed by atoms with E-state index in [4.69, 9.17) is 32.7 Å². The van der Waals surface area contributed by atoms with Crippen LogP contribution in [-0.4, -0.2) is 34.3 Å². The zero-order chi connectivity index (χ0) is 19.3. The molecule has 0 unspecified atom stereocenters. The van der Waals surface area contributed by atoms with E-state index in [0.717, 1.165) is 0 Å². The maximum Gasteiger partial charge on any atom is 0.225 e. The molecule has 0 saturated heterocycles. The number of ether oxygens (including phenoxy) is 2. The van der Waals surface area contributed by atoms with Gasteiger partial charge in [0.1, 0.15) is 11.5 Å². The minimum absolute atomic E-state index is 0.112. The van der Waals surface area contributed by atoms with Gasteiger partial charge in [0.25, 0.3) is 0 Å². The minimum Gasteiger partial charge on any atom is -0.495 e. The van der Waals surface area contributed by atoms with Gasteiger partial charge in [-0.2, -0.15) is 0 Å². The maximum absolute atomic E-state index is 12.3. The van der Waals surface area contributed by atoms with Crippen molar-refractivity contribution in [3.63, 3.8) is 0 Å². The largest absolute Gasteiger partial charge is 0.495 e. The second-order valence-corrected chi connectivity index (χ2v) is 8.21. The van der Waals surface area contributed by atoms with Crippen molar-refractivity contribution < 1.29 is 22.7 Å². The van der Waals surface area contributed by atoms with E-state index < -0.39 is 15.7 Å². The molecule has 1 N–H and O–H groups in total. The summed E-state index contributed by atoms with van der Waals surface area (Å²) in [5, 5.41) is 3.37. The average Bonchev–Trinajstić information content (AvgIpc) is 2.61. The maximum atomic E-state index is 12.3. The van der Waals surface area contributed by atoms with E-state index in [1.807, 2.05) is 0 Å². The van der Waals surface area contributed by atoms with Crippen LogP contribution in [0.4, 0.5) is 5.69 Å². The number of sulfone groups is 1. The van der Waals surface area contributed by atoms with Crippen LogP contribution in [0.1, 0.15) is 6.42 Å². The summed E-state index contributed by atoms with van der Waals surface area (Å²) in [6.45, 7) is 0. The number of benzene rings is 2. The first-order valence-electron chi connectivity index (χ1n) is 7.46. The number of methoxy groups -OCH3 is 2. The van der Waals surface area contributed by atoms with Crippen LogP contribution in [0.2, 0.25) is 10.0 Å². The van der Waals surface area contributed by atoms with Gasteiger partial charge in [-0.25, -0.2) is 8.42 Å². The Bertz CT molecular complexity index is 898. The van der Waals surface area contributed by atoms with Crippen LogP contribution >= 0.6 is 23.2 Å². The average molecular weight is 418 g/mol. The standard InChI is InChI=1S/C17H17Cl2NO5S/c1-24-15-10-14(16(25-2)9-13(15)19)20-17(21)7-8-26(22,23)12-5-3-11(18)4-6-12/h3-6,9-10H,7-8H2,1-2H3,(H,20,21). The number of halogens is 2. The van der Waals surface area contributed by atoms with Crippen molar-refractivity contribution in [2.24, 2.45) is 0 Å². The number of hydrogen-bond donors (Lipinski definition) is 1. The first kappa shape index (κ1) is 20.4. The third-order valence-corrected chi connectivity index (χ3v) is 5.80. The lowest BCUT2D eigenvalue weighted by atomic mass is 10.2. The Kier molecular flexibility index (Phi) is 6.75. The molecule has 9 heteroatoms. The molecule has 0 aliphatic heterocycles. The van der Waals surface area contributed by atoms with Crippen LogP contribution in [0, 0.1) is 0 Å². The molecule has 0 saturated carbocycles. The Morgan fingerprint density at radius 2 is 1.65 bits per heavy atom. The fourth-order valence-electron chi connectivity index (χ4n) is 2.16. The van der Waals surface area contributed by atoms with Crippen molar-refractivity contribution in [1.82, 2.24) is 0 Å². The van der Waals surface area contributed by atoms with Crippen LogP contribution in [0.5, 0.6) is 11.5 Å². The normalized spacial score (nSPS) is 11.1. The molecule has 0 atom stereocenters. The Labute approximate surface area is 161 Å². The summed E-state index contributed by atoms with van der Waals surface area (Å²) < 4.78 is 34.8. The van der Waals surface area contributed by atoms with Crippen LogP contribution in [0.15, 0.2) is 41.3 Å². The fraction of sp³-hybridized carbons (Fsp3) is 0.235. The second-order valence-electron chi connectivity index (χ2n) is 5.26. The van der Waals surface area contributed by atoms with Crippen molar-refractivity contribution in [3.8, 4) is 11.5 Å². The van der Waals surface area contributed by atoms with E-state index in [9.17, 15) is 13.2 Å². The Hall–Kier alpha value is -1.96. The predicted octanol–water partition coefficient (Wildman–Crippen LogP) is 3.81. The SMILES string of the molecule is COc1cc(NC(=O)CCS(=O)(=O)c2ccc(Cl)cc2)c(OC)cc1Cl. The summed E-state index contributed by atoms with van der Waals surface area (Å²) in [4.78, 5) is 12.3. The van der Waals surface area contributed by atoms with E-state index >= 15 is 0 Å². The van der Waals surface area contributed by atoms with Gasteiger partial charge in [0.05, 0.1) is 35.6 Å². The van der Waals surface area contributed by atoms with Gasteiger partial charge in [0.2, 0.25) is 5.91 Å². The number of rotatable bonds is 7. The molecule has 0 aliphatic carbocycles. The molecule has 6 nitrogen and oxygen atoms in total. The number of hydrogen-bond acceptors (Lipinski definition) is 5. The summed E-state index contributed by atoms with van der Waals surface area (Å²) in [5.41, 5.74) is 0.336. The summed E-state index contributed by atoms with van der Waals surface area (Å²) in [6.07, 6.45) is -0.223. The molecular weight excluding hydrogens is 401 g/mol. The lowest BCUT2D eigenvalue weighted by molar-refractivity contribution is -0.115. The molecule has 0 spiro atoms. The molecule has 0 aliphatic rings. The van der Waals surface area contributed by atoms with Gasteiger partial charge in [-0.05, 0) is 24.3 Å². The zero-order valence-electron chi connectivity index (χ0n) is 14.1. The summed E-state index contributed by atoms with van der Waals surface area (Å²) in [7, 11) is -0.724. The highest BCUT2D eigenvalue weighted by Gasteiger charge is 2.18. The highest BCUT2D eigenvalue weighted by molar-refractivity contribution is 7.91. The van der Waals surface area contributed by atoms with Crippen molar-refractivity contribution in [2.75, 3.05) is 25.3 Å². The lowest BCUT2D eigenvalue weighted by Gasteiger charge is -2.13. The van der Waals surface area contributed by atoms with Crippen LogP contribution in [-0.2, 0) is 14.6 Å². The van der Waals surface area contributed by atoms with E-state index in [1.165, 1.54) is 50.6 Å². The van der Waals surface area contributed by atoms with E-state index in [2.05, 4.69) is 5.32 Å². The van der Waals surface area contributed by atoms with Gasteiger partial charge in [-0.3, -0.25) is 4.79 Å². The molecule has 0 fully saturated rings. The Morgan fingerprint density at radius 3 is 2.23 bits per heavy atom. The van der Waals surface area contributed by atoms with Gasteiger partial charge in [0, 0.05) is 23.6 Å². The number of carbonyl (C=O) groups excluding carboxylic acids is 1. The van der Waals surface area contributed by atoms with Crippen LogP contribution < -0.4 is 14.8 Å². The minimum atomic E-state index is -3.60. The van der Waals surface area contributed by atoms with Crippen molar-refractivity contribution in [1.29, 1.82) is 0 Å². The van der Waals surface area contributed by atoms with Crippen LogP contribution in [0.3, 0.4) is 0 Å². The van der Waals surface area contributed by atoms with E-state index in [-0.39, 0.29) is 17.1 Å². The smallest absolute Gasteiger partial charge is 0.225 e. The molecule has 0 aromatic heterocycles. The van der Waals surface area contributed by atoms with E-state index in [0.29, 0.717) is 27.2 Å². The van der Waals surface area contributed by atoms with Gasteiger partial charge in [-0.15, -0.1) is 0 Å². The van der Waals surface area contributed by atoms with E-state index in [1.54, 1.807) is 0 Å². The predicted molar refractivity (Wildman–Crippen MR) is 101 cm³/mol. The molecule has 2 aromatic carbocycles. The van der Waals surface area contributed by atoms with Gasteiger partial charge < -0.3 is 14.8 Å². The van der Waals surface area contributed by atoms with Gasteiger partial charge in [-0.1, -0.05) is 23.2 Å². The molecule has 1 amide bonds. The number of anilines is 1. The first-order valence-corrected chi connectivity index (χ1v) is 9.87. The fourth-order valence-corrected chi connectivity index (χ4v) is 3.76. The summed E-state index contributed by atoms with van der Waals surface area (Å²) in [6, 6.07) is 8.79. The summed E-state index contributed by atoms with van der Waals surface area (Å²) in [5.74, 6) is -0.125. The van der Waals surface area contributed by atoms with Crippen molar-refractivity contribution in [3.05, 3.63) is 46.4 Å². The first-order chi connectivity index (χ1) is 12.3. The number of amides is 1. The van der Waals surface area contributed by atoms with Crippen molar-refractivity contribution >= 4 is 44.6 Å². The molecule has 2 aromatic rings. The Balaban J connectivity index is 2.08. The van der Waals surface area contributed by atoms with Gasteiger partial charge in [0.15, 0.2) is 9.84 Å². The lowest BCUT2D eigenvalue weighted by Crippen LogP contribution is -2.18.